The Morgan fingerprint density at radius 1 is 1.43 bits per heavy atom. The number of hydrogen-bond donors (Lipinski definition) is 2. The quantitative estimate of drug-likeness (QED) is 0.642. The fourth-order valence-electron chi connectivity index (χ4n) is 1.96. The van der Waals surface area contributed by atoms with Crippen molar-refractivity contribution in [3.8, 4) is 0 Å². The molecule has 1 aromatic carbocycles. The van der Waals surface area contributed by atoms with Crippen molar-refractivity contribution < 1.29 is 27.9 Å². The molecule has 0 unspecified atom stereocenters. The second-order valence-electron chi connectivity index (χ2n) is 4.99. The maximum atomic E-state index is 12.8. The van der Waals surface area contributed by atoms with Crippen molar-refractivity contribution in [2.24, 2.45) is 5.41 Å². The maximum Gasteiger partial charge on any atom is 0.423 e. The summed E-state index contributed by atoms with van der Waals surface area (Å²) in [4.78, 5) is 9.57. The summed E-state index contributed by atoms with van der Waals surface area (Å²) in [5.41, 5.74) is -2.70. The lowest BCUT2D eigenvalue weighted by molar-refractivity contribution is -0.388. The third kappa shape index (κ3) is 3.24. The lowest BCUT2D eigenvalue weighted by Crippen LogP contribution is -2.50. The highest BCUT2D eigenvalue weighted by molar-refractivity contribution is 5.55. The van der Waals surface area contributed by atoms with Gasteiger partial charge in [-0.25, -0.2) is 0 Å². The molecule has 2 N–H and O–H groups in total. The number of aliphatic hydroxyl groups excluding tert-OH is 1. The Labute approximate surface area is 117 Å². The molecule has 1 aliphatic heterocycles. The molecule has 0 saturated carbocycles. The number of nitrogens with zero attached hydrogens (tertiary/aromatic N) is 1. The van der Waals surface area contributed by atoms with Crippen LogP contribution in [0.2, 0.25) is 0 Å². The van der Waals surface area contributed by atoms with Gasteiger partial charge in [-0.05, 0) is 12.1 Å². The lowest BCUT2D eigenvalue weighted by atomic mass is 9.87. The first-order chi connectivity index (χ1) is 9.77. The molecule has 0 aliphatic carbocycles. The van der Waals surface area contributed by atoms with Crippen LogP contribution < -0.4 is 5.32 Å². The maximum absolute atomic E-state index is 12.8. The van der Waals surface area contributed by atoms with Gasteiger partial charge in [0.05, 0.1) is 30.2 Å². The molecule has 0 aromatic heterocycles. The van der Waals surface area contributed by atoms with Gasteiger partial charge in [-0.15, -0.1) is 0 Å². The van der Waals surface area contributed by atoms with Gasteiger partial charge in [0, 0.05) is 18.3 Å². The fourth-order valence-corrected chi connectivity index (χ4v) is 1.96. The van der Waals surface area contributed by atoms with Crippen molar-refractivity contribution in [3.05, 3.63) is 33.9 Å². The zero-order valence-corrected chi connectivity index (χ0v) is 10.8. The first kappa shape index (κ1) is 15.5. The third-order valence-electron chi connectivity index (χ3n) is 3.32. The molecular weight excluding hydrogens is 293 g/mol. The van der Waals surface area contributed by atoms with Crippen LogP contribution in [0.25, 0.3) is 0 Å². The normalized spacial score (nSPS) is 17.1. The van der Waals surface area contributed by atoms with Crippen LogP contribution in [0, 0.1) is 15.5 Å². The van der Waals surface area contributed by atoms with E-state index in [2.05, 4.69) is 5.32 Å². The number of alkyl halides is 3. The average Bonchev–Trinajstić information content (AvgIpc) is 2.36. The number of rotatable bonds is 5. The summed E-state index contributed by atoms with van der Waals surface area (Å²) >= 11 is 0. The Morgan fingerprint density at radius 3 is 2.52 bits per heavy atom. The average molecular weight is 306 g/mol. The lowest BCUT2D eigenvalue weighted by Gasteiger charge is -2.40. The summed E-state index contributed by atoms with van der Waals surface area (Å²) in [5, 5.41) is 22.6. The number of aliphatic hydroxyl groups is 1. The monoisotopic (exact) mass is 306 g/mol. The van der Waals surface area contributed by atoms with Crippen molar-refractivity contribution in [3.63, 3.8) is 0 Å². The minimum atomic E-state index is -4.81. The van der Waals surface area contributed by atoms with Crippen LogP contribution in [-0.4, -0.2) is 36.4 Å². The molecule has 0 atom stereocenters. The molecule has 116 valence electrons. The van der Waals surface area contributed by atoms with Gasteiger partial charge < -0.3 is 15.2 Å². The first-order valence-corrected chi connectivity index (χ1v) is 6.06. The van der Waals surface area contributed by atoms with E-state index in [0.29, 0.717) is 19.3 Å². The zero-order chi connectivity index (χ0) is 15.7. The van der Waals surface area contributed by atoms with E-state index in [1.54, 1.807) is 0 Å². The highest BCUT2D eigenvalue weighted by Gasteiger charge is 2.40. The molecule has 1 aromatic rings. The molecule has 0 radical (unpaired) electrons. The predicted octanol–water partition coefficient (Wildman–Crippen LogP) is 2.03. The summed E-state index contributed by atoms with van der Waals surface area (Å²) in [5.74, 6) is 0. The predicted molar refractivity (Wildman–Crippen MR) is 66.9 cm³/mol. The molecule has 2 rings (SSSR count). The molecule has 1 saturated heterocycles. The van der Waals surface area contributed by atoms with Crippen LogP contribution >= 0.6 is 0 Å². The second-order valence-corrected chi connectivity index (χ2v) is 4.99. The van der Waals surface area contributed by atoms with Crippen LogP contribution in [0.5, 0.6) is 0 Å². The van der Waals surface area contributed by atoms with Gasteiger partial charge in [0.2, 0.25) is 0 Å². The van der Waals surface area contributed by atoms with Gasteiger partial charge in [-0.2, -0.15) is 13.2 Å². The zero-order valence-electron chi connectivity index (χ0n) is 10.8. The van der Waals surface area contributed by atoms with Crippen LogP contribution in [0.15, 0.2) is 18.2 Å². The summed E-state index contributed by atoms with van der Waals surface area (Å²) in [7, 11) is 0. The Hall–Kier alpha value is -1.87. The van der Waals surface area contributed by atoms with Crippen LogP contribution in [-0.2, 0) is 10.9 Å². The minimum Gasteiger partial charge on any atom is -0.396 e. The van der Waals surface area contributed by atoms with E-state index in [1.165, 1.54) is 6.07 Å². The number of nitrogens with one attached hydrogen (secondary N) is 1. The Morgan fingerprint density at radius 2 is 2.10 bits per heavy atom. The van der Waals surface area contributed by atoms with Crippen molar-refractivity contribution in [1.82, 2.24) is 0 Å². The summed E-state index contributed by atoms with van der Waals surface area (Å²) in [6, 6.07) is 2.72. The van der Waals surface area contributed by atoms with Crippen molar-refractivity contribution in [2.45, 2.75) is 6.18 Å². The summed E-state index contributed by atoms with van der Waals surface area (Å²) in [6.45, 7) is 0.697. The van der Waals surface area contributed by atoms with E-state index in [0.717, 1.165) is 6.07 Å². The molecule has 0 spiro atoms. The van der Waals surface area contributed by atoms with Crippen molar-refractivity contribution in [2.75, 3.05) is 31.7 Å². The van der Waals surface area contributed by atoms with Crippen molar-refractivity contribution in [1.29, 1.82) is 0 Å². The number of anilines is 1. The van der Waals surface area contributed by atoms with Gasteiger partial charge >= 0.3 is 6.18 Å². The Kier molecular flexibility index (Phi) is 4.06. The standard InChI is InChI=1S/C12H13F3N2O4/c13-12(14,15)9-3-8(1-2-10(9)17(19)20)16-4-11(5-18)6-21-7-11/h1-3,16,18H,4-7H2. The van der Waals surface area contributed by atoms with E-state index >= 15 is 0 Å². The van der Waals surface area contributed by atoms with Gasteiger partial charge in [0.25, 0.3) is 5.69 Å². The molecule has 0 bridgehead atoms. The van der Waals surface area contributed by atoms with Crippen molar-refractivity contribution >= 4 is 11.4 Å². The molecule has 21 heavy (non-hydrogen) atoms. The SMILES string of the molecule is O=[N+]([O-])c1ccc(NCC2(CO)COC2)cc1C(F)(F)F. The molecule has 6 nitrogen and oxygen atoms in total. The number of halogens is 3. The summed E-state index contributed by atoms with van der Waals surface area (Å²) < 4.78 is 43.4. The molecular formula is C12H13F3N2O4. The van der Waals surface area contributed by atoms with Gasteiger partial charge in [0.15, 0.2) is 0 Å². The topological polar surface area (TPSA) is 84.6 Å². The number of nitro groups is 1. The van der Waals surface area contributed by atoms with E-state index in [1.807, 2.05) is 0 Å². The van der Waals surface area contributed by atoms with Crippen LogP contribution in [0.4, 0.5) is 24.5 Å². The number of nitro benzene ring substituents is 1. The van der Waals surface area contributed by atoms with E-state index < -0.39 is 27.8 Å². The highest BCUT2D eigenvalue weighted by Crippen LogP contribution is 2.38. The fraction of sp³-hybridized carbons (Fsp3) is 0.500. The molecule has 1 fully saturated rings. The molecule has 0 amide bonds. The van der Waals surface area contributed by atoms with Gasteiger partial charge in [0.1, 0.15) is 5.56 Å². The Bertz CT molecular complexity index is 538. The number of benzene rings is 1. The minimum absolute atomic E-state index is 0.104. The molecule has 9 heteroatoms. The first-order valence-electron chi connectivity index (χ1n) is 6.06. The summed E-state index contributed by atoms with van der Waals surface area (Å²) in [6.07, 6.45) is -4.81. The molecule has 1 aliphatic rings. The highest BCUT2D eigenvalue weighted by atomic mass is 19.4. The molecule has 1 heterocycles. The van der Waals surface area contributed by atoms with Crippen LogP contribution in [0.1, 0.15) is 5.56 Å². The third-order valence-corrected chi connectivity index (χ3v) is 3.32. The largest absolute Gasteiger partial charge is 0.423 e. The number of ether oxygens (including phenoxy) is 1. The van der Waals surface area contributed by atoms with E-state index in [4.69, 9.17) is 4.74 Å². The van der Waals surface area contributed by atoms with E-state index in [9.17, 15) is 28.4 Å². The van der Waals surface area contributed by atoms with E-state index in [-0.39, 0.29) is 18.8 Å². The smallest absolute Gasteiger partial charge is 0.396 e. The second kappa shape index (κ2) is 5.49. The van der Waals surface area contributed by atoms with Gasteiger partial charge in [-0.3, -0.25) is 10.1 Å². The van der Waals surface area contributed by atoms with Gasteiger partial charge in [-0.1, -0.05) is 0 Å². The Balaban J connectivity index is 2.20. The van der Waals surface area contributed by atoms with Crippen LogP contribution in [0.3, 0.4) is 0 Å². The number of hydrogen-bond acceptors (Lipinski definition) is 5.